The van der Waals surface area contributed by atoms with Gasteiger partial charge in [0, 0.05) is 12.2 Å². The summed E-state index contributed by atoms with van der Waals surface area (Å²) in [6, 6.07) is 18.7. The molecular weight excluding hydrogens is 416 g/mol. The molecule has 0 atom stereocenters. The Bertz CT molecular complexity index is 1140. The van der Waals surface area contributed by atoms with Crippen molar-refractivity contribution in [1.29, 1.82) is 0 Å². The van der Waals surface area contributed by atoms with E-state index in [1.54, 1.807) is 18.3 Å². The molecule has 0 aliphatic heterocycles. The van der Waals surface area contributed by atoms with Crippen LogP contribution < -0.4 is 9.46 Å². The van der Waals surface area contributed by atoms with Crippen LogP contribution in [0.3, 0.4) is 0 Å². The molecule has 1 aromatic heterocycles. The number of nitrogens with zero attached hydrogens (tertiary/aromatic N) is 1. The van der Waals surface area contributed by atoms with Gasteiger partial charge in [0.2, 0.25) is 10.0 Å². The summed E-state index contributed by atoms with van der Waals surface area (Å²) < 4.78 is 38.3. The van der Waals surface area contributed by atoms with Crippen LogP contribution in [0.1, 0.15) is 34.5 Å². The van der Waals surface area contributed by atoms with E-state index in [1.807, 2.05) is 30.3 Å². The van der Waals surface area contributed by atoms with Gasteiger partial charge in [0.25, 0.3) is 0 Å². The van der Waals surface area contributed by atoms with Gasteiger partial charge in [-0.05, 0) is 60.9 Å². The molecule has 4 rings (SSSR count). The van der Waals surface area contributed by atoms with E-state index in [2.05, 4.69) is 9.71 Å². The third-order valence-electron chi connectivity index (χ3n) is 4.69. The van der Waals surface area contributed by atoms with Crippen LogP contribution in [0.4, 0.5) is 0 Å². The third kappa shape index (κ3) is 5.90. The number of benzene rings is 2. The molecule has 1 N–H and O–H groups in total. The highest BCUT2D eigenvalue weighted by molar-refractivity contribution is 7.89. The van der Waals surface area contributed by atoms with Gasteiger partial charge in [-0.25, -0.2) is 17.9 Å². The number of hydrogen-bond donors (Lipinski definition) is 1. The van der Waals surface area contributed by atoms with E-state index >= 15 is 0 Å². The van der Waals surface area contributed by atoms with E-state index in [0.717, 1.165) is 24.1 Å². The van der Waals surface area contributed by atoms with Crippen molar-refractivity contribution in [1.82, 2.24) is 9.71 Å². The fourth-order valence-corrected chi connectivity index (χ4v) is 4.18. The van der Waals surface area contributed by atoms with E-state index in [0.29, 0.717) is 12.4 Å². The number of sulfonamides is 1. The standard InChI is InChI=1S/C23H22N2O5S/c26-23(18-4-3-6-22(14-18)31(27,28)25-19-9-10-19)30-15-17-7-11-21(12-8-17)29-16-20-5-1-2-13-24-20/h1-8,11-14,19,25H,9-10,15-16H2. The van der Waals surface area contributed by atoms with Gasteiger partial charge in [-0.3, -0.25) is 4.98 Å². The first-order valence-electron chi connectivity index (χ1n) is 9.91. The minimum absolute atomic E-state index is 0.00323. The van der Waals surface area contributed by atoms with Crippen LogP contribution in [-0.4, -0.2) is 25.4 Å². The number of nitrogens with one attached hydrogen (secondary N) is 1. The molecule has 0 saturated heterocycles. The van der Waals surface area contributed by atoms with Gasteiger partial charge < -0.3 is 9.47 Å². The first kappa shape index (κ1) is 21.0. The topological polar surface area (TPSA) is 94.6 Å². The van der Waals surface area contributed by atoms with E-state index in [-0.39, 0.29) is 23.1 Å². The highest BCUT2D eigenvalue weighted by Gasteiger charge is 2.28. The molecule has 2 aromatic carbocycles. The molecule has 0 radical (unpaired) electrons. The van der Waals surface area contributed by atoms with E-state index in [4.69, 9.17) is 9.47 Å². The van der Waals surface area contributed by atoms with Gasteiger partial charge in [0.15, 0.2) is 0 Å². The number of carbonyl (C=O) groups excluding carboxylic acids is 1. The predicted molar refractivity (Wildman–Crippen MR) is 114 cm³/mol. The number of aromatic nitrogens is 1. The molecule has 1 heterocycles. The Balaban J connectivity index is 1.31. The first-order chi connectivity index (χ1) is 15.0. The van der Waals surface area contributed by atoms with Crippen molar-refractivity contribution in [3.8, 4) is 5.75 Å². The quantitative estimate of drug-likeness (QED) is 0.514. The Kier molecular flexibility index (Phi) is 6.29. The van der Waals surface area contributed by atoms with Crippen molar-refractivity contribution in [3.05, 3.63) is 89.7 Å². The first-order valence-corrected chi connectivity index (χ1v) is 11.4. The molecule has 1 aliphatic rings. The average molecular weight is 439 g/mol. The molecule has 8 heteroatoms. The zero-order valence-electron chi connectivity index (χ0n) is 16.7. The Morgan fingerprint density at radius 1 is 1.00 bits per heavy atom. The normalized spacial score (nSPS) is 13.5. The van der Waals surface area contributed by atoms with Crippen LogP contribution in [0.25, 0.3) is 0 Å². The van der Waals surface area contributed by atoms with Crippen LogP contribution in [0.2, 0.25) is 0 Å². The van der Waals surface area contributed by atoms with E-state index in [9.17, 15) is 13.2 Å². The smallest absolute Gasteiger partial charge is 0.338 e. The number of hydrogen-bond acceptors (Lipinski definition) is 6. The van der Waals surface area contributed by atoms with Crippen molar-refractivity contribution in [2.24, 2.45) is 0 Å². The minimum atomic E-state index is -3.63. The summed E-state index contributed by atoms with van der Waals surface area (Å²) in [5.41, 5.74) is 1.81. The summed E-state index contributed by atoms with van der Waals surface area (Å²) in [6.07, 6.45) is 3.40. The molecule has 0 unspecified atom stereocenters. The maximum atomic E-state index is 12.4. The maximum Gasteiger partial charge on any atom is 0.338 e. The summed E-state index contributed by atoms with van der Waals surface area (Å²) in [5.74, 6) is 0.0979. The minimum Gasteiger partial charge on any atom is -0.487 e. The molecule has 0 bridgehead atoms. The summed E-state index contributed by atoms with van der Waals surface area (Å²) in [5, 5.41) is 0. The molecule has 3 aromatic rings. The van der Waals surface area contributed by atoms with Gasteiger partial charge in [-0.1, -0.05) is 24.3 Å². The lowest BCUT2D eigenvalue weighted by atomic mass is 10.2. The molecule has 7 nitrogen and oxygen atoms in total. The van der Waals surface area contributed by atoms with Gasteiger partial charge in [0.1, 0.15) is 19.0 Å². The number of pyridine rings is 1. The van der Waals surface area contributed by atoms with Crippen LogP contribution in [0.5, 0.6) is 5.75 Å². The number of esters is 1. The monoisotopic (exact) mass is 438 g/mol. The fraction of sp³-hybridized carbons (Fsp3) is 0.217. The molecule has 1 aliphatic carbocycles. The summed E-state index contributed by atoms with van der Waals surface area (Å²) in [4.78, 5) is 16.7. The molecule has 1 saturated carbocycles. The van der Waals surface area contributed by atoms with Crippen molar-refractivity contribution in [2.45, 2.75) is 37.0 Å². The van der Waals surface area contributed by atoms with Gasteiger partial charge in [0.05, 0.1) is 16.2 Å². The van der Waals surface area contributed by atoms with Crippen molar-refractivity contribution in [2.75, 3.05) is 0 Å². The Hall–Kier alpha value is -3.23. The van der Waals surface area contributed by atoms with Crippen molar-refractivity contribution < 1.29 is 22.7 Å². The second-order valence-electron chi connectivity index (χ2n) is 7.25. The van der Waals surface area contributed by atoms with E-state index < -0.39 is 16.0 Å². The van der Waals surface area contributed by atoms with Gasteiger partial charge in [-0.2, -0.15) is 0 Å². The highest BCUT2D eigenvalue weighted by atomic mass is 32.2. The zero-order chi connectivity index (χ0) is 21.7. The lowest BCUT2D eigenvalue weighted by Crippen LogP contribution is -2.25. The highest BCUT2D eigenvalue weighted by Crippen LogP contribution is 2.23. The second kappa shape index (κ2) is 9.28. The lowest BCUT2D eigenvalue weighted by Gasteiger charge is -2.09. The summed E-state index contributed by atoms with van der Waals surface area (Å²) in [7, 11) is -3.63. The summed E-state index contributed by atoms with van der Waals surface area (Å²) in [6.45, 7) is 0.431. The Labute approximate surface area is 181 Å². The van der Waals surface area contributed by atoms with Gasteiger partial charge >= 0.3 is 5.97 Å². The van der Waals surface area contributed by atoms with Crippen molar-refractivity contribution >= 4 is 16.0 Å². The summed E-state index contributed by atoms with van der Waals surface area (Å²) >= 11 is 0. The van der Waals surface area contributed by atoms with Crippen LogP contribution in [0, 0.1) is 0 Å². The largest absolute Gasteiger partial charge is 0.487 e. The molecule has 160 valence electrons. The number of ether oxygens (including phenoxy) is 2. The molecular formula is C23H22N2O5S. The zero-order valence-corrected chi connectivity index (χ0v) is 17.5. The van der Waals surface area contributed by atoms with Crippen molar-refractivity contribution in [3.63, 3.8) is 0 Å². The van der Waals surface area contributed by atoms with E-state index in [1.165, 1.54) is 24.3 Å². The maximum absolute atomic E-state index is 12.4. The second-order valence-corrected chi connectivity index (χ2v) is 8.97. The number of rotatable bonds is 9. The van der Waals surface area contributed by atoms with Crippen LogP contribution >= 0.6 is 0 Å². The molecule has 1 fully saturated rings. The van der Waals surface area contributed by atoms with Gasteiger partial charge in [-0.15, -0.1) is 0 Å². The molecule has 0 spiro atoms. The Morgan fingerprint density at radius 3 is 2.52 bits per heavy atom. The fourth-order valence-electron chi connectivity index (χ4n) is 2.83. The third-order valence-corrected chi connectivity index (χ3v) is 6.20. The lowest BCUT2D eigenvalue weighted by molar-refractivity contribution is 0.0472. The molecule has 31 heavy (non-hydrogen) atoms. The Morgan fingerprint density at radius 2 is 1.81 bits per heavy atom. The van der Waals surface area contributed by atoms with Crippen LogP contribution in [-0.2, 0) is 28.0 Å². The molecule has 0 amide bonds. The number of carbonyl (C=O) groups is 1. The van der Waals surface area contributed by atoms with Crippen LogP contribution in [0.15, 0.2) is 77.8 Å². The predicted octanol–water partition coefficient (Wildman–Crippen LogP) is 3.46. The average Bonchev–Trinajstić information content (AvgIpc) is 3.61. The SMILES string of the molecule is O=C(OCc1ccc(OCc2ccccn2)cc1)c1cccc(S(=O)(=O)NC2CC2)c1.